The van der Waals surface area contributed by atoms with E-state index in [1.54, 1.807) is 0 Å². The van der Waals surface area contributed by atoms with Crippen molar-refractivity contribution in [3.63, 3.8) is 0 Å². The Morgan fingerprint density at radius 3 is 2.30 bits per heavy atom. The predicted molar refractivity (Wildman–Crippen MR) is 103 cm³/mol. The van der Waals surface area contributed by atoms with Gasteiger partial charge in [-0.15, -0.1) is 0 Å². The van der Waals surface area contributed by atoms with Gasteiger partial charge in [0.05, 0.1) is 0 Å². The Morgan fingerprint density at radius 2 is 1.63 bits per heavy atom. The van der Waals surface area contributed by atoms with Gasteiger partial charge >= 0.3 is 5.97 Å². The molecule has 140 valence electrons. The molecule has 4 rings (SSSR count). The number of nitrogens with zero attached hydrogens (tertiary/aromatic N) is 1. The molecule has 0 unspecified atom stereocenters. The second-order valence-corrected chi connectivity index (χ2v) is 7.68. The fourth-order valence-corrected chi connectivity index (χ4v) is 5.00. The zero-order chi connectivity index (χ0) is 18.8. The van der Waals surface area contributed by atoms with E-state index in [0.29, 0.717) is 13.0 Å². The van der Waals surface area contributed by atoms with Crippen molar-refractivity contribution in [2.45, 2.75) is 50.2 Å². The predicted octanol–water partition coefficient (Wildman–Crippen LogP) is 3.87. The van der Waals surface area contributed by atoms with Crippen LogP contribution in [-0.4, -0.2) is 33.8 Å². The lowest BCUT2D eigenvalue weighted by molar-refractivity contribution is -0.143. The minimum Gasteiger partial charge on any atom is -0.480 e. The zero-order valence-electron chi connectivity index (χ0n) is 15.3. The van der Waals surface area contributed by atoms with Gasteiger partial charge < -0.3 is 5.11 Å². The molecule has 0 amide bonds. The van der Waals surface area contributed by atoms with E-state index in [4.69, 9.17) is 0 Å². The first-order valence-electron chi connectivity index (χ1n) is 9.77. The normalized spacial score (nSPS) is 28.5. The van der Waals surface area contributed by atoms with Gasteiger partial charge in [0.15, 0.2) is 0 Å². The fourth-order valence-electron chi connectivity index (χ4n) is 5.00. The molecule has 4 atom stereocenters. The maximum atomic E-state index is 13.0. The van der Waals surface area contributed by atoms with Crippen LogP contribution < -0.4 is 0 Å². The van der Waals surface area contributed by atoms with Crippen molar-refractivity contribution >= 4 is 11.8 Å². The first kappa shape index (κ1) is 17.9. The van der Waals surface area contributed by atoms with Crippen LogP contribution in [0.2, 0.25) is 0 Å². The lowest BCUT2D eigenvalue weighted by atomic mass is 9.79. The number of carbonyl (C=O) groups excluding carboxylic acids is 1. The molecule has 4 heteroatoms. The lowest BCUT2D eigenvalue weighted by Crippen LogP contribution is -2.42. The second kappa shape index (κ2) is 7.65. The molecule has 1 aliphatic heterocycles. The molecule has 0 radical (unpaired) electrons. The number of carbonyl (C=O) groups is 2. The van der Waals surface area contributed by atoms with E-state index in [1.807, 2.05) is 60.7 Å². The highest BCUT2D eigenvalue weighted by atomic mass is 16.4. The van der Waals surface area contributed by atoms with E-state index < -0.39 is 12.0 Å². The summed E-state index contributed by atoms with van der Waals surface area (Å²) in [4.78, 5) is 27.5. The summed E-state index contributed by atoms with van der Waals surface area (Å²) in [5.74, 6) is -1.13. The van der Waals surface area contributed by atoms with Gasteiger partial charge in [0.1, 0.15) is 11.8 Å². The molecule has 0 aromatic heterocycles. The van der Waals surface area contributed by atoms with Gasteiger partial charge in [-0.2, -0.15) is 0 Å². The molecule has 0 bridgehead atoms. The number of aliphatic carboxylic acids is 1. The van der Waals surface area contributed by atoms with Crippen molar-refractivity contribution in [1.82, 2.24) is 4.90 Å². The van der Waals surface area contributed by atoms with Gasteiger partial charge in [0.25, 0.3) is 0 Å². The van der Waals surface area contributed by atoms with Gasteiger partial charge in [0.2, 0.25) is 0 Å². The van der Waals surface area contributed by atoms with Gasteiger partial charge in [-0.1, -0.05) is 67.1 Å². The third kappa shape index (κ3) is 3.42. The molecule has 2 fully saturated rings. The van der Waals surface area contributed by atoms with Crippen LogP contribution in [-0.2, 0) is 16.1 Å². The van der Waals surface area contributed by atoms with Gasteiger partial charge in [-0.05, 0) is 24.0 Å². The van der Waals surface area contributed by atoms with Crippen LogP contribution in [0.4, 0.5) is 0 Å². The molecule has 2 aromatic rings. The van der Waals surface area contributed by atoms with Gasteiger partial charge in [-0.3, -0.25) is 14.5 Å². The van der Waals surface area contributed by atoms with Crippen LogP contribution in [0.1, 0.15) is 42.7 Å². The van der Waals surface area contributed by atoms with E-state index in [2.05, 4.69) is 4.90 Å². The van der Waals surface area contributed by atoms with E-state index in [0.717, 1.165) is 30.4 Å². The third-order valence-electron chi connectivity index (χ3n) is 6.12. The minimum atomic E-state index is -0.833. The summed E-state index contributed by atoms with van der Waals surface area (Å²) in [5.41, 5.74) is 2.05. The Bertz CT molecular complexity index is 805. The highest BCUT2D eigenvalue weighted by Gasteiger charge is 2.54. The number of hydrogen-bond donors (Lipinski definition) is 1. The molecule has 1 aliphatic carbocycles. The first-order chi connectivity index (χ1) is 13.2. The summed E-state index contributed by atoms with van der Waals surface area (Å²) in [6, 6.07) is 19.0. The standard InChI is InChI=1S/C23H25NO3/c25-19-14-8-7-13-18-21(19)20(17-11-5-2-6-12-17)22(23(26)27)24(18)15-16-9-3-1-4-10-16/h1-6,9-12,18,20-22H,7-8,13-15H2,(H,26,27)/t18-,20+,21+,22-/m1/s1. The lowest BCUT2D eigenvalue weighted by Gasteiger charge is -2.29. The Balaban J connectivity index is 1.79. The molecule has 2 aliphatic rings. The molecule has 2 aromatic carbocycles. The van der Waals surface area contributed by atoms with Crippen molar-refractivity contribution in [2.24, 2.45) is 5.92 Å². The topological polar surface area (TPSA) is 57.6 Å². The van der Waals surface area contributed by atoms with Crippen molar-refractivity contribution in [3.05, 3.63) is 71.8 Å². The van der Waals surface area contributed by atoms with E-state index in [9.17, 15) is 14.7 Å². The molecule has 27 heavy (non-hydrogen) atoms. The second-order valence-electron chi connectivity index (χ2n) is 7.68. The van der Waals surface area contributed by atoms with Crippen LogP contribution >= 0.6 is 0 Å². The number of fused-ring (bicyclic) bond motifs is 1. The Labute approximate surface area is 159 Å². The fraction of sp³-hybridized carbons (Fsp3) is 0.391. The molecular formula is C23H25NO3. The van der Waals surface area contributed by atoms with Crippen LogP contribution in [0.5, 0.6) is 0 Å². The molecule has 1 heterocycles. The average Bonchev–Trinajstić information content (AvgIpc) is 2.88. The summed E-state index contributed by atoms with van der Waals surface area (Å²) in [6.45, 7) is 0.565. The smallest absolute Gasteiger partial charge is 0.321 e. The Kier molecular flexibility index (Phi) is 5.08. The van der Waals surface area contributed by atoms with Gasteiger partial charge in [-0.25, -0.2) is 0 Å². The number of carboxylic acids is 1. The number of likely N-dealkylation sites (tertiary alicyclic amines) is 1. The number of benzene rings is 2. The largest absolute Gasteiger partial charge is 0.480 e. The molecule has 1 saturated carbocycles. The van der Waals surface area contributed by atoms with Crippen LogP contribution in [0.15, 0.2) is 60.7 Å². The Morgan fingerprint density at radius 1 is 0.963 bits per heavy atom. The number of hydrogen-bond acceptors (Lipinski definition) is 3. The highest BCUT2D eigenvalue weighted by Crippen LogP contribution is 2.47. The summed E-state index contributed by atoms with van der Waals surface area (Å²) < 4.78 is 0. The highest BCUT2D eigenvalue weighted by molar-refractivity contribution is 5.86. The van der Waals surface area contributed by atoms with E-state index >= 15 is 0 Å². The molecular weight excluding hydrogens is 338 g/mol. The molecule has 1 N–H and O–H groups in total. The maximum Gasteiger partial charge on any atom is 0.321 e. The van der Waals surface area contributed by atoms with Crippen molar-refractivity contribution < 1.29 is 14.7 Å². The van der Waals surface area contributed by atoms with Crippen molar-refractivity contribution in [2.75, 3.05) is 0 Å². The number of carboxylic acid groups (broad SMARTS) is 1. The zero-order valence-corrected chi connectivity index (χ0v) is 15.3. The summed E-state index contributed by atoms with van der Waals surface area (Å²) in [7, 11) is 0. The number of ketones is 1. The molecule has 1 saturated heterocycles. The summed E-state index contributed by atoms with van der Waals surface area (Å²) in [5, 5.41) is 10.1. The van der Waals surface area contributed by atoms with Crippen LogP contribution in [0.25, 0.3) is 0 Å². The maximum absolute atomic E-state index is 13.0. The quantitative estimate of drug-likeness (QED) is 0.896. The van der Waals surface area contributed by atoms with Crippen molar-refractivity contribution in [3.8, 4) is 0 Å². The number of Topliss-reactive ketones (excluding diaryl/α,β-unsaturated/α-hetero) is 1. The molecule has 0 spiro atoms. The van der Waals surface area contributed by atoms with E-state index in [-0.39, 0.29) is 23.7 Å². The minimum absolute atomic E-state index is 0.00786. The van der Waals surface area contributed by atoms with Crippen molar-refractivity contribution in [1.29, 1.82) is 0 Å². The number of rotatable bonds is 4. The first-order valence-corrected chi connectivity index (χ1v) is 9.77. The average molecular weight is 363 g/mol. The van der Waals surface area contributed by atoms with Crippen LogP contribution in [0, 0.1) is 5.92 Å². The third-order valence-corrected chi connectivity index (χ3v) is 6.12. The van der Waals surface area contributed by atoms with Crippen LogP contribution in [0.3, 0.4) is 0 Å². The van der Waals surface area contributed by atoms with E-state index in [1.165, 1.54) is 0 Å². The Hall–Kier alpha value is -2.46. The summed E-state index contributed by atoms with van der Waals surface area (Å²) in [6.07, 6.45) is 3.34. The summed E-state index contributed by atoms with van der Waals surface area (Å²) >= 11 is 0. The monoisotopic (exact) mass is 363 g/mol. The van der Waals surface area contributed by atoms with Gasteiger partial charge in [0, 0.05) is 30.8 Å². The SMILES string of the molecule is O=C1CCCC[C@@H]2[C@@H]1[C@H](c1ccccc1)[C@H](C(=O)O)N2Cc1ccccc1. The molecule has 4 nitrogen and oxygen atoms in total.